The Morgan fingerprint density at radius 3 is 2.00 bits per heavy atom. The molecule has 4 fully saturated rings. The zero-order chi connectivity index (χ0) is 28.3. The van der Waals surface area contributed by atoms with E-state index in [4.69, 9.17) is 9.16 Å². The van der Waals surface area contributed by atoms with Crippen molar-refractivity contribution in [2.45, 2.75) is 114 Å². The first-order chi connectivity index (χ1) is 18.9. The average molecular weight is 561 g/mol. The van der Waals surface area contributed by atoms with Gasteiger partial charge in [0, 0.05) is 12.6 Å². The molecule has 216 valence electrons. The summed E-state index contributed by atoms with van der Waals surface area (Å²) in [7, 11) is -2.77. The molecule has 3 heterocycles. The highest BCUT2D eigenvalue weighted by Gasteiger charge is 2.65. The Bertz CT molecular complexity index is 1160. The molecule has 1 amide bonds. The number of nitrogens with zero attached hydrogens (tertiary/aromatic N) is 1. The van der Waals surface area contributed by atoms with E-state index in [1.54, 1.807) is 0 Å². The normalized spacial score (nSPS) is 30.6. The number of nitrogens with one attached hydrogen (secondary N) is 1. The summed E-state index contributed by atoms with van der Waals surface area (Å²) < 4.78 is 13.8. The highest BCUT2D eigenvalue weighted by Crippen LogP contribution is 2.54. The molecule has 6 rings (SSSR count). The smallest absolute Gasteiger partial charge is 0.411 e. The summed E-state index contributed by atoms with van der Waals surface area (Å²) in [5, 5.41) is 6.46. The van der Waals surface area contributed by atoms with Gasteiger partial charge in [-0.2, -0.15) is 0 Å². The molecular formula is C34H48N2O3Si. The Morgan fingerprint density at radius 2 is 1.50 bits per heavy atom. The number of hydrogen-bond acceptors (Lipinski definition) is 4. The minimum Gasteiger partial charge on any atom is -0.444 e. The lowest BCUT2D eigenvalue weighted by Crippen LogP contribution is -2.69. The minimum absolute atomic E-state index is 0.0277. The number of ether oxygens (including phenoxy) is 1. The first-order valence-corrected chi connectivity index (χ1v) is 17.4. The van der Waals surface area contributed by atoms with E-state index in [9.17, 15) is 4.79 Å². The van der Waals surface area contributed by atoms with Crippen LogP contribution in [0.15, 0.2) is 60.7 Å². The Morgan fingerprint density at radius 1 is 0.900 bits per heavy atom. The summed E-state index contributed by atoms with van der Waals surface area (Å²) in [5.74, 6) is 1.36. The number of carbonyl (C=O) groups excluding carboxylic acids is 1. The van der Waals surface area contributed by atoms with Gasteiger partial charge in [-0.15, -0.1) is 0 Å². The number of piperidine rings is 2. The van der Waals surface area contributed by atoms with Crippen molar-refractivity contribution in [3.63, 3.8) is 0 Å². The Kier molecular flexibility index (Phi) is 6.99. The van der Waals surface area contributed by atoms with Crippen molar-refractivity contribution in [1.82, 2.24) is 10.2 Å². The van der Waals surface area contributed by atoms with E-state index in [-0.39, 0.29) is 28.8 Å². The minimum atomic E-state index is -2.77. The van der Waals surface area contributed by atoms with E-state index in [2.05, 4.69) is 91.7 Å². The average Bonchev–Trinajstić information content (AvgIpc) is 3.07. The predicted octanol–water partition coefficient (Wildman–Crippen LogP) is 5.86. The second-order valence-corrected chi connectivity index (χ2v) is 19.2. The Labute approximate surface area is 242 Å². The lowest BCUT2D eigenvalue weighted by molar-refractivity contribution is -0.0545. The standard InChI is InChI=1S/C34H48N2O3Si/c1-32(2,3)38-31(37)36-28-20-25-21-34(36,23-35-30(25)24-14-13-15-24)22-29(28)39-40(33(4,5)6,26-16-9-7-10-17-26)27-18-11-8-12-19-27/h7-12,16-19,24-25,28-30,35H,13-15,20-23H2,1-6H3/t25?,28?,29-,30?,34?/m1/s1. The fourth-order valence-corrected chi connectivity index (χ4v) is 13.2. The highest BCUT2D eigenvalue weighted by molar-refractivity contribution is 6.99. The van der Waals surface area contributed by atoms with Crippen LogP contribution in [-0.2, 0) is 9.16 Å². The molecule has 2 aromatic carbocycles. The monoisotopic (exact) mass is 560 g/mol. The number of amides is 1. The molecule has 0 aromatic heterocycles. The van der Waals surface area contributed by atoms with Crippen molar-refractivity contribution in [2.24, 2.45) is 11.8 Å². The van der Waals surface area contributed by atoms with Crippen LogP contribution in [0.4, 0.5) is 4.79 Å². The third-order valence-electron chi connectivity index (χ3n) is 10.2. The van der Waals surface area contributed by atoms with Gasteiger partial charge in [-0.3, -0.25) is 4.90 Å². The van der Waals surface area contributed by atoms with E-state index in [0.29, 0.717) is 12.0 Å². The van der Waals surface area contributed by atoms with Gasteiger partial charge in [0.1, 0.15) is 5.60 Å². The fourth-order valence-electron chi connectivity index (χ4n) is 8.45. The molecule has 6 heteroatoms. The van der Waals surface area contributed by atoms with E-state index < -0.39 is 13.9 Å². The number of hydrogen-bond donors (Lipinski definition) is 1. The molecular weight excluding hydrogens is 512 g/mol. The van der Waals surface area contributed by atoms with Crippen LogP contribution in [0.5, 0.6) is 0 Å². The van der Waals surface area contributed by atoms with Crippen molar-refractivity contribution in [2.75, 3.05) is 6.54 Å². The fraction of sp³-hybridized carbons (Fsp3) is 0.618. The lowest BCUT2D eigenvalue weighted by Gasteiger charge is -2.55. The van der Waals surface area contributed by atoms with E-state index in [1.165, 1.54) is 29.6 Å². The summed E-state index contributed by atoms with van der Waals surface area (Å²) in [6, 6.07) is 22.4. The van der Waals surface area contributed by atoms with Crippen LogP contribution in [0, 0.1) is 11.8 Å². The molecule has 4 unspecified atom stereocenters. The van der Waals surface area contributed by atoms with Gasteiger partial charge in [-0.1, -0.05) is 87.9 Å². The quantitative estimate of drug-likeness (QED) is 0.466. The Hall–Kier alpha value is -2.15. The van der Waals surface area contributed by atoms with E-state index in [0.717, 1.165) is 31.7 Å². The first kappa shape index (κ1) is 28.0. The van der Waals surface area contributed by atoms with Crippen LogP contribution in [0.25, 0.3) is 0 Å². The molecule has 3 saturated heterocycles. The van der Waals surface area contributed by atoms with Gasteiger partial charge in [0.15, 0.2) is 0 Å². The van der Waals surface area contributed by atoms with Crippen molar-refractivity contribution >= 4 is 24.8 Å². The second kappa shape index (κ2) is 9.99. The van der Waals surface area contributed by atoms with Gasteiger partial charge >= 0.3 is 6.09 Å². The SMILES string of the molecule is CC(C)(C)OC(=O)N1C2CC3CC1(CNC3C1CCC1)C[C@H]2O[Si](c1ccccc1)(c1ccccc1)C(C)(C)C. The van der Waals surface area contributed by atoms with Gasteiger partial charge in [-0.05, 0) is 80.1 Å². The molecule has 40 heavy (non-hydrogen) atoms. The largest absolute Gasteiger partial charge is 0.444 e. The van der Waals surface area contributed by atoms with Crippen molar-refractivity contribution in [3.8, 4) is 0 Å². The van der Waals surface area contributed by atoms with E-state index >= 15 is 0 Å². The van der Waals surface area contributed by atoms with Crippen molar-refractivity contribution in [3.05, 3.63) is 60.7 Å². The zero-order valence-electron chi connectivity index (χ0n) is 25.3. The number of rotatable bonds is 5. The van der Waals surface area contributed by atoms with Crippen molar-refractivity contribution < 1.29 is 14.0 Å². The van der Waals surface area contributed by atoms with Crippen LogP contribution in [0.2, 0.25) is 5.04 Å². The van der Waals surface area contributed by atoms with Gasteiger partial charge in [0.2, 0.25) is 0 Å². The van der Waals surface area contributed by atoms with Crippen LogP contribution < -0.4 is 15.7 Å². The van der Waals surface area contributed by atoms with Crippen LogP contribution >= 0.6 is 0 Å². The maximum Gasteiger partial charge on any atom is 0.411 e. The zero-order valence-corrected chi connectivity index (χ0v) is 26.3. The topological polar surface area (TPSA) is 50.8 Å². The van der Waals surface area contributed by atoms with Gasteiger partial charge < -0.3 is 14.5 Å². The summed E-state index contributed by atoms with van der Waals surface area (Å²) in [4.78, 5) is 16.1. The number of fused-ring (bicyclic) bond motifs is 2. The third-order valence-corrected chi connectivity index (χ3v) is 15.3. The summed E-state index contributed by atoms with van der Waals surface area (Å²) >= 11 is 0. The molecule has 5 atom stereocenters. The molecule has 3 aliphatic heterocycles. The van der Waals surface area contributed by atoms with Gasteiger partial charge in [-0.25, -0.2) is 4.79 Å². The molecule has 1 N–H and O–H groups in total. The maximum atomic E-state index is 13.9. The van der Waals surface area contributed by atoms with Crippen molar-refractivity contribution in [1.29, 1.82) is 0 Å². The highest BCUT2D eigenvalue weighted by atomic mass is 28.4. The maximum absolute atomic E-state index is 13.9. The first-order valence-electron chi connectivity index (χ1n) is 15.5. The van der Waals surface area contributed by atoms with Crippen LogP contribution in [-0.4, -0.2) is 55.2 Å². The lowest BCUT2D eigenvalue weighted by atomic mass is 9.66. The number of carbonyl (C=O) groups is 1. The predicted molar refractivity (Wildman–Crippen MR) is 164 cm³/mol. The summed E-state index contributed by atoms with van der Waals surface area (Å²) in [6.45, 7) is 13.8. The van der Waals surface area contributed by atoms with Crippen LogP contribution in [0.3, 0.4) is 0 Å². The molecule has 2 aromatic rings. The molecule has 1 saturated carbocycles. The third kappa shape index (κ3) is 4.64. The molecule has 0 radical (unpaired) electrons. The molecule has 1 aliphatic carbocycles. The summed E-state index contributed by atoms with van der Waals surface area (Å²) in [6.07, 6.45) is 6.72. The molecule has 5 nitrogen and oxygen atoms in total. The van der Waals surface area contributed by atoms with Gasteiger partial charge in [0.25, 0.3) is 8.32 Å². The van der Waals surface area contributed by atoms with Crippen LogP contribution in [0.1, 0.15) is 80.1 Å². The Balaban J connectivity index is 1.43. The number of benzene rings is 2. The second-order valence-electron chi connectivity index (χ2n) is 15.0. The molecule has 1 spiro atoms. The molecule has 3 bridgehead atoms. The van der Waals surface area contributed by atoms with Gasteiger partial charge in [0.05, 0.1) is 17.7 Å². The summed E-state index contributed by atoms with van der Waals surface area (Å²) in [5.41, 5.74) is -0.791. The molecule has 4 aliphatic rings. The van der Waals surface area contributed by atoms with E-state index in [1.807, 2.05) is 20.8 Å².